The molecule has 0 fully saturated rings. The summed E-state index contributed by atoms with van der Waals surface area (Å²) in [6.45, 7) is 0.662. The van der Waals surface area contributed by atoms with Gasteiger partial charge in [-0.05, 0) is 41.0 Å². The van der Waals surface area contributed by atoms with Gasteiger partial charge in [0.25, 0.3) is 0 Å². The number of carbonyl (C=O) groups excluding carboxylic acids is 1. The molecule has 1 aliphatic rings. The Bertz CT molecular complexity index is 969. The zero-order chi connectivity index (χ0) is 17.9. The number of methoxy groups -OCH3 is 1. The number of nitrogens with one attached hydrogen (secondary N) is 2. The minimum Gasteiger partial charge on any atom is -0.497 e. The normalized spacial score (nSPS) is 12.4. The Morgan fingerprint density at radius 3 is 2.92 bits per heavy atom. The summed E-state index contributed by atoms with van der Waals surface area (Å²) in [5.41, 5.74) is 6.08. The van der Waals surface area contributed by atoms with E-state index in [1.165, 1.54) is 0 Å². The Morgan fingerprint density at radius 1 is 1.12 bits per heavy atom. The molecular formula is C21H19N3O2. The molecule has 5 nitrogen and oxygen atoms in total. The molecule has 130 valence electrons. The standard InChI is InChI=1S/C21H19N3O2/c1-26-19-4-2-3-18(10-19)23-12-14-7-17(13-22-11-14)15-5-6-16-9-21(25)24-20(16)8-15/h2-8,10-11,13,23H,9,12H2,1H3,(H,24,25). The van der Waals surface area contributed by atoms with Crippen LogP contribution in [0.4, 0.5) is 11.4 Å². The maximum Gasteiger partial charge on any atom is 0.228 e. The third kappa shape index (κ3) is 3.37. The predicted molar refractivity (Wildman–Crippen MR) is 102 cm³/mol. The van der Waals surface area contributed by atoms with Crippen molar-refractivity contribution in [3.05, 3.63) is 72.1 Å². The Hall–Kier alpha value is -3.34. The summed E-state index contributed by atoms with van der Waals surface area (Å²) in [7, 11) is 1.66. The third-order valence-electron chi connectivity index (χ3n) is 4.43. The van der Waals surface area contributed by atoms with Crippen molar-refractivity contribution < 1.29 is 9.53 Å². The fraction of sp³-hybridized carbons (Fsp3) is 0.143. The molecule has 0 unspecified atom stereocenters. The van der Waals surface area contributed by atoms with E-state index in [1.54, 1.807) is 7.11 Å². The number of rotatable bonds is 5. The molecule has 1 amide bonds. The number of hydrogen-bond donors (Lipinski definition) is 2. The second kappa shape index (κ2) is 6.88. The van der Waals surface area contributed by atoms with Gasteiger partial charge in [0, 0.05) is 41.9 Å². The number of amides is 1. The summed E-state index contributed by atoms with van der Waals surface area (Å²) in [5.74, 6) is 0.869. The van der Waals surface area contributed by atoms with E-state index in [2.05, 4.69) is 21.7 Å². The highest BCUT2D eigenvalue weighted by Crippen LogP contribution is 2.29. The molecular weight excluding hydrogens is 326 g/mol. The van der Waals surface area contributed by atoms with E-state index in [9.17, 15) is 4.79 Å². The number of ether oxygens (including phenoxy) is 1. The molecule has 1 aliphatic heterocycles. The van der Waals surface area contributed by atoms with E-state index in [-0.39, 0.29) is 5.91 Å². The molecule has 26 heavy (non-hydrogen) atoms. The highest BCUT2D eigenvalue weighted by molar-refractivity contribution is 5.99. The first kappa shape index (κ1) is 16.1. The first-order chi connectivity index (χ1) is 12.7. The second-order valence-corrected chi connectivity index (χ2v) is 6.26. The van der Waals surface area contributed by atoms with Crippen molar-refractivity contribution in [2.45, 2.75) is 13.0 Å². The molecule has 4 rings (SSSR count). The number of carbonyl (C=O) groups is 1. The molecule has 2 aromatic carbocycles. The van der Waals surface area contributed by atoms with E-state index in [4.69, 9.17) is 4.74 Å². The fourth-order valence-corrected chi connectivity index (χ4v) is 3.07. The lowest BCUT2D eigenvalue weighted by molar-refractivity contribution is -0.115. The van der Waals surface area contributed by atoms with Crippen molar-refractivity contribution in [2.24, 2.45) is 0 Å². The number of benzene rings is 2. The van der Waals surface area contributed by atoms with E-state index in [1.807, 2.05) is 54.9 Å². The zero-order valence-corrected chi connectivity index (χ0v) is 14.5. The Kier molecular flexibility index (Phi) is 4.27. The van der Waals surface area contributed by atoms with Crippen LogP contribution in [0.1, 0.15) is 11.1 Å². The molecule has 1 aromatic heterocycles. The molecule has 2 heterocycles. The fourth-order valence-electron chi connectivity index (χ4n) is 3.07. The van der Waals surface area contributed by atoms with E-state index < -0.39 is 0 Å². The number of nitrogens with zero attached hydrogens (tertiary/aromatic N) is 1. The van der Waals surface area contributed by atoms with Gasteiger partial charge in [0.15, 0.2) is 0 Å². The topological polar surface area (TPSA) is 63.2 Å². The smallest absolute Gasteiger partial charge is 0.228 e. The van der Waals surface area contributed by atoms with Crippen LogP contribution in [0.3, 0.4) is 0 Å². The van der Waals surface area contributed by atoms with Crippen molar-refractivity contribution in [1.29, 1.82) is 0 Å². The van der Waals surface area contributed by atoms with Crippen molar-refractivity contribution in [2.75, 3.05) is 17.7 Å². The summed E-state index contributed by atoms with van der Waals surface area (Å²) < 4.78 is 5.25. The number of aromatic nitrogens is 1. The minimum absolute atomic E-state index is 0.0477. The van der Waals surface area contributed by atoms with E-state index in [0.29, 0.717) is 13.0 Å². The van der Waals surface area contributed by atoms with Gasteiger partial charge < -0.3 is 15.4 Å². The van der Waals surface area contributed by atoms with Gasteiger partial charge in [-0.15, -0.1) is 0 Å². The first-order valence-corrected chi connectivity index (χ1v) is 8.46. The summed E-state index contributed by atoms with van der Waals surface area (Å²) in [6, 6.07) is 16.0. The Morgan fingerprint density at radius 2 is 2.04 bits per heavy atom. The summed E-state index contributed by atoms with van der Waals surface area (Å²) in [5, 5.41) is 6.28. The number of anilines is 2. The van der Waals surface area contributed by atoms with Crippen molar-refractivity contribution in [3.63, 3.8) is 0 Å². The quantitative estimate of drug-likeness (QED) is 0.737. The highest BCUT2D eigenvalue weighted by Gasteiger charge is 2.17. The lowest BCUT2D eigenvalue weighted by Gasteiger charge is -2.10. The SMILES string of the molecule is COc1cccc(NCc2cncc(-c3ccc4c(c3)NC(=O)C4)c2)c1. The van der Waals surface area contributed by atoms with Crippen LogP contribution in [-0.2, 0) is 17.8 Å². The van der Waals surface area contributed by atoms with Crippen LogP contribution in [0.5, 0.6) is 5.75 Å². The van der Waals surface area contributed by atoms with Gasteiger partial charge in [-0.3, -0.25) is 9.78 Å². The molecule has 0 spiro atoms. The maximum absolute atomic E-state index is 11.5. The lowest BCUT2D eigenvalue weighted by Crippen LogP contribution is -2.03. The molecule has 3 aromatic rings. The molecule has 0 bridgehead atoms. The molecule has 0 saturated heterocycles. The number of fused-ring (bicyclic) bond motifs is 1. The average Bonchev–Trinajstić information content (AvgIpc) is 3.06. The van der Waals surface area contributed by atoms with Crippen LogP contribution in [-0.4, -0.2) is 18.0 Å². The van der Waals surface area contributed by atoms with Gasteiger partial charge in [0.1, 0.15) is 5.75 Å². The van der Waals surface area contributed by atoms with Gasteiger partial charge in [-0.2, -0.15) is 0 Å². The van der Waals surface area contributed by atoms with Gasteiger partial charge in [-0.1, -0.05) is 18.2 Å². The van der Waals surface area contributed by atoms with Gasteiger partial charge in [0.05, 0.1) is 13.5 Å². The molecule has 2 N–H and O–H groups in total. The van der Waals surface area contributed by atoms with Crippen molar-refractivity contribution in [3.8, 4) is 16.9 Å². The monoisotopic (exact) mass is 345 g/mol. The van der Waals surface area contributed by atoms with Crippen LogP contribution in [0.25, 0.3) is 11.1 Å². The van der Waals surface area contributed by atoms with E-state index in [0.717, 1.165) is 39.4 Å². The molecule has 0 atom stereocenters. The predicted octanol–water partition coefficient (Wildman–Crippen LogP) is 3.86. The van der Waals surface area contributed by atoms with Crippen molar-refractivity contribution >= 4 is 17.3 Å². The molecule has 0 aliphatic carbocycles. The van der Waals surface area contributed by atoms with Gasteiger partial charge >= 0.3 is 0 Å². The van der Waals surface area contributed by atoms with Crippen LogP contribution >= 0.6 is 0 Å². The molecule has 0 radical (unpaired) electrons. The third-order valence-corrected chi connectivity index (χ3v) is 4.43. The number of pyridine rings is 1. The molecule has 0 saturated carbocycles. The van der Waals surface area contributed by atoms with Crippen LogP contribution in [0.15, 0.2) is 60.9 Å². The van der Waals surface area contributed by atoms with Crippen molar-refractivity contribution in [1.82, 2.24) is 4.98 Å². The lowest BCUT2D eigenvalue weighted by atomic mass is 10.0. The zero-order valence-electron chi connectivity index (χ0n) is 14.5. The number of hydrogen-bond acceptors (Lipinski definition) is 4. The summed E-state index contributed by atoms with van der Waals surface area (Å²) >= 11 is 0. The first-order valence-electron chi connectivity index (χ1n) is 8.46. The van der Waals surface area contributed by atoms with Gasteiger partial charge in [-0.25, -0.2) is 0 Å². The Labute approximate surface area is 152 Å². The minimum atomic E-state index is 0.0477. The highest BCUT2D eigenvalue weighted by atomic mass is 16.5. The largest absolute Gasteiger partial charge is 0.497 e. The van der Waals surface area contributed by atoms with Gasteiger partial charge in [0.2, 0.25) is 5.91 Å². The maximum atomic E-state index is 11.5. The second-order valence-electron chi connectivity index (χ2n) is 6.26. The Balaban J connectivity index is 1.52. The van der Waals surface area contributed by atoms with E-state index >= 15 is 0 Å². The average molecular weight is 345 g/mol. The van der Waals surface area contributed by atoms with Crippen LogP contribution in [0, 0.1) is 0 Å². The summed E-state index contributed by atoms with van der Waals surface area (Å²) in [6.07, 6.45) is 4.15. The summed E-state index contributed by atoms with van der Waals surface area (Å²) in [4.78, 5) is 15.9. The van der Waals surface area contributed by atoms with Crippen LogP contribution < -0.4 is 15.4 Å². The van der Waals surface area contributed by atoms with Crippen LogP contribution in [0.2, 0.25) is 0 Å². The molecule has 5 heteroatoms.